The van der Waals surface area contributed by atoms with Gasteiger partial charge in [0, 0.05) is 22.7 Å². The summed E-state index contributed by atoms with van der Waals surface area (Å²) in [6, 6.07) is 10.1. The monoisotopic (exact) mass is 884 g/mol. The summed E-state index contributed by atoms with van der Waals surface area (Å²) in [6.45, 7) is 15.9. The highest BCUT2D eigenvalue weighted by atomic mass is 79.9. The molecule has 0 radical (unpaired) electrons. The van der Waals surface area contributed by atoms with E-state index in [-0.39, 0.29) is 11.3 Å². The first kappa shape index (κ1) is 41.9. The third-order valence-electron chi connectivity index (χ3n) is 10.3. The molecule has 8 heteroatoms. The molecule has 3 aromatic rings. The lowest BCUT2D eigenvalue weighted by atomic mass is 9.79. The molecule has 0 aromatic heterocycles. The van der Waals surface area contributed by atoms with E-state index in [0.29, 0.717) is 22.3 Å². The summed E-state index contributed by atoms with van der Waals surface area (Å²) in [4.78, 5) is 5.41. The number of benzene rings is 3. The third-order valence-corrected chi connectivity index (χ3v) is 12.1. The van der Waals surface area contributed by atoms with E-state index in [4.69, 9.17) is 37.7 Å². The molecule has 2 aliphatic carbocycles. The smallest absolute Gasteiger partial charge is 0.154 e. The molecular weight excluding hydrogens is 831 g/mol. The lowest BCUT2D eigenvalue weighted by Gasteiger charge is -2.33. The fourth-order valence-electron chi connectivity index (χ4n) is 7.84. The van der Waals surface area contributed by atoms with E-state index in [1.807, 2.05) is 18.2 Å². The Morgan fingerprint density at radius 3 is 1.94 bits per heavy atom. The van der Waals surface area contributed by atoms with Crippen LogP contribution in [-0.4, -0.2) is 25.5 Å². The van der Waals surface area contributed by atoms with Crippen LogP contribution in [0.25, 0.3) is 11.1 Å². The summed E-state index contributed by atoms with van der Waals surface area (Å²) < 4.78 is 15.8. The van der Waals surface area contributed by atoms with Crippen LogP contribution in [0.1, 0.15) is 109 Å². The molecule has 2 atom stereocenters. The number of aliphatic imine (C=N–C) groups is 1. The van der Waals surface area contributed by atoms with E-state index in [1.165, 1.54) is 40.7 Å². The number of para-hydroxylation sites is 1. The van der Waals surface area contributed by atoms with Crippen molar-refractivity contribution in [1.82, 2.24) is 5.32 Å². The van der Waals surface area contributed by atoms with Crippen LogP contribution in [-0.2, 0) is 25.7 Å². The van der Waals surface area contributed by atoms with E-state index in [0.717, 1.165) is 94.3 Å². The first-order valence-corrected chi connectivity index (χ1v) is 21.5. The second kappa shape index (κ2) is 18.6. The van der Waals surface area contributed by atoms with Gasteiger partial charge in [-0.1, -0.05) is 68.6 Å². The summed E-state index contributed by atoms with van der Waals surface area (Å²) in [6.07, 6.45) is 14.4. The highest BCUT2D eigenvalue weighted by Gasteiger charge is 2.34. The maximum atomic E-state index is 7.57. The number of hydrogen-bond donors (Lipinski definition) is 1. The number of nitrogens with zero attached hydrogens (tertiary/aromatic N) is 1. The Labute approximate surface area is 345 Å². The Kier molecular flexibility index (Phi) is 14.7. The maximum absolute atomic E-state index is 7.57. The molecule has 53 heavy (non-hydrogen) atoms. The molecule has 0 spiro atoms. The molecule has 4 nitrogen and oxygen atoms in total. The molecule has 0 heterocycles. The van der Waals surface area contributed by atoms with E-state index in [9.17, 15) is 0 Å². The highest BCUT2D eigenvalue weighted by molar-refractivity contribution is 9.11. The molecule has 0 amide bonds. The van der Waals surface area contributed by atoms with Crippen LogP contribution >= 0.6 is 55.1 Å². The summed E-state index contributed by atoms with van der Waals surface area (Å²) >= 11 is 21.7. The lowest BCUT2D eigenvalue weighted by molar-refractivity contribution is 0.247. The first-order chi connectivity index (χ1) is 25.2. The molecule has 0 fully saturated rings. The van der Waals surface area contributed by atoms with E-state index >= 15 is 0 Å². The van der Waals surface area contributed by atoms with Crippen molar-refractivity contribution in [2.24, 2.45) is 16.3 Å². The molecule has 1 N–H and O–H groups in total. The van der Waals surface area contributed by atoms with Crippen molar-refractivity contribution in [3.8, 4) is 22.6 Å². The molecular formula is C45H56Br2Cl2N2O2. The average Bonchev–Trinajstić information content (AvgIpc) is 3.11. The van der Waals surface area contributed by atoms with Crippen LogP contribution in [0, 0.1) is 11.3 Å². The number of methoxy groups -OCH3 is 1. The SMILES string of the molecule is CCC(CC(C)(C)C)/C(=N\c1c(Cl)cccc1Cl)[C@H](CN/C(C)=C\C=C(C)C)Oc1c(Br)cc2c(c1-c1c3c(cc(Br)c1OC)CCCC3)CCCC2. The summed E-state index contributed by atoms with van der Waals surface area (Å²) in [7, 11) is 1.79. The van der Waals surface area contributed by atoms with E-state index < -0.39 is 6.10 Å². The van der Waals surface area contributed by atoms with Gasteiger partial charge in [0.1, 0.15) is 17.2 Å². The first-order valence-electron chi connectivity index (χ1n) is 19.2. The van der Waals surface area contributed by atoms with E-state index in [1.54, 1.807) is 7.11 Å². The molecule has 286 valence electrons. The zero-order valence-electron chi connectivity index (χ0n) is 32.7. The van der Waals surface area contributed by atoms with Crippen molar-refractivity contribution in [2.45, 2.75) is 119 Å². The second-order valence-corrected chi connectivity index (χ2v) is 18.6. The predicted octanol–water partition coefficient (Wildman–Crippen LogP) is 14.4. The van der Waals surface area contributed by atoms with Gasteiger partial charge in [0.05, 0.1) is 38.4 Å². The van der Waals surface area contributed by atoms with Gasteiger partial charge in [0.15, 0.2) is 6.10 Å². The van der Waals surface area contributed by atoms with Crippen LogP contribution in [0.4, 0.5) is 5.69 Å². The largest absolute Gasteiger partial charge is 0.495 e. The molecule has 0 aliphatic heterocycles. The molecule has 2 aliphatic rings. The second-order valence-electron chi connectivity index (χ2n) is 16.1. The van der Waals surface area contributed by atoms with Gasteiger partial charge in [-0.05, 0) is 175 Å². The number of halogens is 4. The summed E-state index contributed by atoms with van der Waals surface area (Å²) in [5, 5.41) is 4.76. The molecule has 3 aromatic carbocycles. The Balaban J connectivity index is 1.80. The number of nitrogens with one attached hydrogen (secondary N) is 1. The Bertz CT molecular complexity index is 1870. The predicted molar refractivity (Wildman–Crippen MR) is 234 cm³/mol. The van der Waals surface area contributed by atoms with Gasteiger partial charge in [-0.15, -0.1) is 0 Å². The van der Waals surface area contributed by atoms with Gasteiger partial charge in [-0.2, -0.15) is 0 Å². The lowest BCUT2D eigenvalue weighted by Crippen LogP contribution is -2.42. The fourth-order valence-corrected chi connectivity index (χ4v) is 9.53. The Morgan fingerprint density at radius 1 is 0.868 bits per heavy atom. The molecule has 0 bridgehead atoms. The van der Waals surface area contributed by atoms with Crippen molar-refractivity contribution >= 4 is 66.5 Å². The van der Waals surface area contributed by atoms with Crippen LogP contribution in [0.3, 0.4) is 0 Å². The minimum atomic E-state index is -0.463. The fraction of sp³-hybridized carbons (Fsp3) is 0.489. The minimum absolute atomic E-state index is 0.0449. The van der Waals surface area contributed by atoms with Crippen molar-refractivity contribution < 1.29 is 9.47 Å². The van der Waals surface area contributed by atoms with Crippen LogP contribution in [0.2, 0.25) is 10.0 Å². The van der Waals surface area contributed by atoms with Crippen molar-refractivity contribution in [3.63, 3.8) is 0 Å². The Morgan fingerprint density at radius 2 is 1.42 bits per heavy atom. The number of hydrogen-bond acceptors (Lipinski definition) is 4. The summed E-state index contributed by atoms with van der Waals surface area (Å²) in [5.41, 5.74) is 11.6. The number of ether oxygens (including phenoxy) is 2. The molecule has 5 rings (SSSR count). The zero-order valence-corrected chi connectivity index (χ0v) is 37.4. The number of fused-ring (bicyclic) bond motifs is 2. The van der Waals surface area contributed by atoms with Crippen LogP contribution < -0.4 is 14.8 Å². The van der Waals surface area contributed by atoms with E-state index in [2.05, 4.69) is 110 Å². The molecule has 1 unspecified atom stereocenters. The van der Waals surface area contributed by atoms with Crippen LogP contribution in [0.15, 0.2) is 67.7 Å². The van der Waals surface area contributed by atoms with Crippen molar-refractivity contribution in [1.29, 1.82) is 0 Å². The number of rotatable bonds is 13. The van der Waals surface area contributed by atoms with Gasteiger partial charge in [0.25, 0.3) is 0 Å². The highest BCUT2D eigenvalue weighted by Crippen LogP contribution is 2.52. The molecule has 0 saturated carbocycles. The van der Waals surface area contributed by atoms with Gasteiger partial charge in [-0.25, -0.2) is 0 Å². The number of allylic oxidation sites excluding steroid dienone is 4. The maximum Gasteiger partial charge on any atom is 0.154 e. The topological polar surface area (TPSA) is 42.9 Å². The Hall–Kier alpha value is -2.25. The third kappa shape index (κ3) is 10.3. The quantitative estimate of drug-likeness (QED) is 0.137. The van der Waals surface area contributed by atoms with Gasteiger partial charge >= 0.3 is 0 Å². The normalized spacial score (nSPS) is 16.0. The number of aryl methyl sites for hydroxylation is 2. The summed E-state index contributed by atoms with van der Waals surface area (Å²) in [5.74, 6) is 1.80. The minimum Gasteiger partial charge on any atom is -0.495 e. The van der Waals surface area contributed by atoms with Crippen LogP contribution in [0.5, 0.6) is 11.5 Å². The van der Waals surface area contributed by atoms with Crippen molar-refractivity contribution in [3.05, 3.63) is 95.0 Å². The van der Waals surface area contributed by atoms with Gasteiger partial charge < -0.3 is 14.8 Å². The van der Waals surface area contributed by atoms with Gasteiger partial charge in [0.2, 0.25) is 0 Å². The zero-order chi connectivity index (χ0) is 38.4. The molecule has 0 saturated heterocycles. The van der Waals surface area contributed by atoms with Gasteiger partial charge in [-0.3, -0.25) is 4.99 Å². The van der Waals surface area contributed by atoms with Crippen molar-refractivity contribution in [2.75, 3.05) is 13.7 Å². The standard InChI is InChI=1S/C45H56Br2Cl2N2O2/c1-9-29(25-45(5,6)7)41(51-42-36(48)19-14-20-37(42)49)38(26-50-28(4)22-21-27(2)3)53-44-35(47)24-31-16-11-13-18-33(31)40(44)39-32-17-12-10-15-30(32)23-34(46)43(39)52-8/h14,19-24,29,38,50H,9-13,15-18,25-26H2,1-8H3/b28-22-,51-41+/t29?,38-/m0/s1. The average molecular weight is 888 g/mol.